The Morgan fingerprint density at radius 1 is 1.22 bits per heavy atom. The summed E-state index contributed by atoms with van der Waals surface area (Å²) < 4.78 is 0. The van der Waals surface area contributed by atoms with Crippen molar-refractivity contribution in [3.8, 4) is 11.3 Å². The first kappa shape index (κ1) is 14.6. The van der Waals surface area contributed by atoms with Gasteiger partial charge in [0.05, 0.1) is 15.6 Å². The van der Waals surface area contributed by atoms with E-state index in [0.29, 0.717) is 0 Å². The topological polar surface area (TPSA) is 42.0 Å². The van der Waals surface area contributed by atoms with Crippen molar-refractivity contribution in [2.45, 2.75) is 26.2 Å². The molecular weight excluding hydrogens is 324 g/mol. The second-order valence-corrected chi connectivity index (χ2v) is 7.89. The predicted molar refractivity (Wildman–Crippen MR) is 96.6 cm³/mol. The molecule has 2 heterocycles. The Morgan fingerprint density at radius 3 is 2.74 bits per heavy atom. The SMILES string of the molecule is Cc1nc(-c2ccc(NC(=O)c3cc4c(s3)CCC4)cc2)cs1. The molecule has 1 N–H and O–H groups in total. The second-order valence-electron chi connectivity index (χ2n) is 5.70. The van der Waals surface area contributed by atoms with Crippen LogP contribution in [0.3, 0.4) is 0 Å². The fraction of sp³-hybridized carbons (Fsp3) is 0.222. The first-order valence-electron chi connectivity index (χ1n) is 7.64. The van der Waals surface area contributed by atoms with Crippen molar-refractivity contribution < 1.29 is 4.79 Å². The maximum absolute atomic E-state index is 12.4. The number of aryl methyl sites for hydroxylation is 3. The Balaban J connectivity index is 1.49. The van der Waals surface area contributed by atoms with Crippen LogP contribution < -0.4 is 5.32 Å². The number of hydrogen-bond acceptors (Lipinski definition) is 4. The highest BCUT2D eigenvalue weighted by Gasteiger charge is 2.18. The van der Waals surface area contributed by atoms with E-state index >= 15 is 0 Å². The molecule has 5 heteroatoms. The molecule has 0 radical (unpaired) electrons. The summed E-state index contributed by atoms with van der Waals surface area (Å²) in [5.41, 5.74) is 4.23. The summed E-state index contributed by atoms with van der Waals surface area (Å²) in [6, 6.07) is 9.91. The van der Waals surface area contributed by atoms with Gasteiger partial charge in [-0.2, -0.15) is 0 Å². The number of nitrogens with zero attached hydrogens (tertiary/aromatic N) is 1. The zero-order chi connectivity index (χ0) is 15.8. The second kappa shape index (κ2) is 5.91. The summed E-state index contributed by atoms with van der Waals surface area (Å²) in [5, 5.41) is 6.09. The normalized spacial score (nSPS) is 13.1. The highest BCUT2D eigenvalue weighted by molar-refractivity contribution is 7.14. The fourth-order valence-corrected chi connectivity index (χ4v) is 4.62. The van der Waals surface area contributed by atoms with Gasteiger partial charge in [0.2, 0.25) is 0 Å². The van der Waals surface area contributed by atoms with Gasteiger partial charge >= 0.3 is 0 Å². The molecule has 0 fully saturated rings. The van der Waals surface area contributed by atoms with Gasteiger partial charge in [0, 0.05) is 21.5 Å². The number of fused-ring (bicyclic) bond motifs is 1. The number of nitrogens with one attached hydrogen (secondary N) is 1. The van der Waals surface area contributed by atoms with Crippen molar-refractivity contribution in [1.29, 1.82) is 0 Å². The van der Waals surface area contributed by atoms with Crippen LogP contribution in [0.2, 0.25) is 0 Å². The molecule has 0 atom stereocenters. The quantitative estimate of drug-likeness (QED) is 0.735. The minimum atomic E-state index is -0.0124. The van der Waals surface area contributed by atoms with E-state index in [1.54, 1.807) is 22.7 Å². The van der Waals surface area contributed by atoms with E-state index in [1.807, 2.05) is 31.2 Å². The summed E-state index contributed by atoms with van der Waals surface area (Å²) in [6.07, 6.45) is 3.45. The number of carbonyl (C=O) groups is 1. The number of benzene rings is 1. The monoisotopic (exact) mass is 340 g/mol. The molecule has 3 aromatic rings. The van der Waals surface area contributed by atoms with Crippen molar-refractivity contribution in [3.05, 3.63) is 56.0 Å². The lowest BCUT2D eigenvalue weighted by molar-refractivity contribution is 0.103. The van der Waals surface area contributed by atoms with Gasteiger partial charge in [0.25, 0.3) is 5.91 Å². The van der Waals surface area contributed by atoms with Gasteiger partial charge < -0.3 is 5.32 Å². The van der Waals surface area contributed by atoms with Crippen LogP contribution in [0.1, 0.15) is 31.5 Å². The van der Waals surface area contributed by atoms with Crippen LogP contribution in [0.25, 0.3) is 11.3 Å². The third-order valence-electron chi connectivity index (χ3n) is 4.03. The van der Waals surface area contributed by atoms with E-state index in [1.165, 1.54) is 16.9 Å². The number of thiophene rings is 1. The number of amides is 1. The molecule has 0 saturated heterocycles. The van der Waals surface area contributed by atoms with Crippen LogP contribution in [0.15, 0.2) is 35.7 Å². The number of aromatic nitrogens is 1. The average molecular weight is 340 g/mol. The van der Waals surface area contributed by atoms with Gasteiger partial charge in [-0.3, -0.25) is 4.79 Å². The van der Waals surface area contributed by atoms with Crippen LogP contribution >= 0.6 is 22.7 Å². The molecule has 4 rings (SSSR count). The van der Waals surface area contributed by atoms with Crippen molar-refractivity contribution >= 4 is 34.3 Å². The molecule has 3 nitrogen and oxygen atoms in total. The molecule has 116 valence electrons. The Kier molecular flexibility index (Phi) is 3.75. The molecule has 0 unspecified atom stereocenters. The van der Waals surface area contributed by atoms with Gasteiger partial charge in [-0.25, -0.2) is 4.98 Å². The zero-order valence-electron chi connectivity index (χ0n) is 12.8. The molecule has 0 saturated carbocycles. The van der Waals surface area contributed by atoms with Crippen LogP contribution in [0.4, 0.5) is 5.69 Å². The number of rotatable bonds is 3. The van der Waals surface area contributed by atoms with E-state index in [9.17, 15) is 4.79 Å². The molecule has 1 aliphatic rings. The Morgan fingerprint density at radius 2 is 2.04 bits per heavy atom. The third-order valence-corrected chi connectivity index (χ3v) is 6.04. The van der Waals surface area contributed by atoms with Gasteiger partial charge in [-0.15, -0.1) is 22.7 Å². The highest BCUT2D eigenvalue weighted by Crippen LogP contribution is 2.31. The summed E-state index contributed by atoms with van der Waals surface area (Å²) in [4.78, 5) is 19.0. The highest BCUT2D eigenvalue weighted by atomic mass is 32.1. The predicted octanol–water partition coefficient (Wildman–Crippen LogP) is 4.92. The molecular formula is C18H16N2OS2. The summed E-state index contributed by atoms with van der Waals surface area (Å²) >= 11 is 3.27. The Hall–Kier alpha value is -1.98. The number of anilines is 1. The molecule has 1 amide bonds. The molecule has 0 spiro atoms. The smallest absolute Gasteiger partial charge is 0.265 e. The molecule has 0 bridgehead atoms. The minimum absolute atomic E-state index is 0.0124. The molecule has 1 aliphatic carbocycles. The van der Waals surface area contributed by atoms with Gasteiger partial charge in [0.15, 0.2) is 0 Å². The molecule has 1 aromatic carbocycles. The first-order chi connectivity index (χ1) is 11.2. The largest absolute Gasteiger partial charge is 0.321 e. The maximum atomic E-state index is 12.4. The van der Waals surface area contributed by atoms with E-state index in [4.69, 9.17) is 0 Å². The summed E-state index contributed by atoms with van der Waals surface area (Å²) in [6.45, 7) is 2.00. The third kappa shape index (κ3) is 2.94. The van der Waals surface area contributed by atoms with Crippen molar-refractivity contribution in [2.75, 3.05) is 5.32 Å². The lowest BCUT2D eigenvalue weighted by atomic mass is 10.1. The average Bonchev–Trinajstić information content (AvgIpc) is 3.23. The van der Waals surface area contributed by atoms with E-state index in [2.05, 4.69) is 21.7 Å². The summed E-state index contributed by atoms with van der Waals surface area (Å²) in [5.74, 6) is -0.0124. The molecule has 0 aliphatic heterocycles. The van der Waals surface area contributed by atoms with Crippen molar-refractivity contribution in [2.24, 2.45) is 0 Å². The first-order valence-corrected chi connectivity index (χ1v) is 9.34. The van der Waals surface area contributed by atoms with Crippen LogP contribution in [0.5, 0.6) is 0 Å². The van der Waals surface area contributed by atoms with Crippen LogP contribution in [0, 0.1) is 6.92 Å². The Labute approximate surface area is 143 Å². The maximum Gasteiger partial charge on any atom is 0.265 e. The standard InChI is InChI=1S/C18H16N2OS2/c1-11-19-15(10-22-11)12-5-7-14(8-6-12)20-18(21)17-9-13-3-2-4-16(13)23-17/h5-10H,2-4H2,1H3,(H,20,21). The van der Waals surface area contributed by atoms with Gasteiger partial charge in [-0.1, -0.05) is 12.1 Å². The Bertz CT molecular complexity index is 840. The van der Waals surface area contributed by atoms with Crippen LogP contribution in [-0.4, -0.2) is 10.9 Å². The summed E-state index contributed by atoms with van der Waals surface area (Å²) in [7, 11) is 0. The lowest BCUT2D eigenvalue weighted by Crippen LogP contribution is -2.10. The van der Waals surface area contributed by atoms with Crippen LogP contribution in [-0.2, 0) is 12.8 Å². The van der Waals surface area contributed by atoms with Crippen molar-refractivity contribution in [1.82, 2.24) is 4.98 Å². The van der Waals surface area contributed by atoms with E-state index in [0.717, 1.165) is 39.7 Å². The van der Waals surface area contributed by atoms with Crippen molar-refractivity contribution in [3.63, 3.8) is 0 Å². The number of carbonyl (C=O) groups excluding carboxylic acids is 1. The fourth-order valence-electron chi connectivity index (χ4n) is 2.85. The lowest BCUT2D eigenvalue weighted by Gasteiger charge is -2.04. The molecule has 23 heavy (non-hydrogen) atoms. The number of thiazole rings is 1. The van der Waals surface area contributed by atoms with E-state index in [-0.39, 0.29) is 5.91 Å². The van der Waals surface area contributed by atoms with Gasteiger partial charge in [-0.05, 0) is 49.9 Å². The number of hydrogen-bond donors (Lipinski definition) is 1. The van der Waals surface area contributed by atoms with E-state index < -0.39 is 0 Å². The van der Waals surface area contributed by atoms with Gasteiger partial charge in [0.1, 0.15) is 0 Å². The molecule has 2 aromatic heterocycles. The minimum Gasteiger partial charge on any atom is -0.321 e. The zero-order valence-corrected chi connectivity index (χ0v) is 14.4.